The molecular weight excluding hydrogens is 687 g/mol. The normalized spacial score (nSPS) is 14.1. The molecule has 0 fully saturated rings. The first kappa shape index (κ1) is 34.3. The van der Waals surface area contributed by atoms with Crippen molar-refractivity contribution in [1.29, 1.82) is 0 Å². The van der Waals surface area contributed by atoms with E-state index < -0.39 is 5.41 Å². The molecule has 0 amide bonds. The third-order valence-corrected chi connectivity index (χ3v) is 11.6. The number of hydrogen-bond donors (Lipinski definition) is 0. The molecule has 0 heterocycles. The Morgan fingerprint density at radius 1 is 0.298 bits per heavy atom. The van der Waals surface area contributed by atoms with Crippen molar-refractivity contribution in [2.45, 2.75) is 12.3 Å². The van der Waals surface area contributed by atoms with Crippen LogP contribution >= 0.6 is 0 Å². The highest BCUT2D eigenvalue weighted by Gasteiger charge is 2.46. The molecule has 0 bridgehead atoms. The predicted molar refractivity (Wildman–Crippen MR) is 239 cm³/mol. The molecule has 270 valence electrons. The van der Waals surface area contributed by atoms with Gasteiger partial charge in [0, 0.05) is 17.1 Å². The van der Waals surface area contributed by atoms with Gasteiger partial charge in [0.2, 0.25) is 0 Å². The van der Waals surface area contributed by atoms with E-state index in [0.717, 1.165) is 17.1 Å². The molecule has 0 aliphatic heterocycles. The van der Waals surface area contributed by atoms with E-state index in [-0.39, 0.29) is 0 Å². The maximum Gasteiger partial charge on any atom is 0.0714 e. The van der Waals surface area contributed by atoms with E-state index in [1.165, 1.54) is 72.3 Å². The average molecular weight is 728 g/mol. The lowest BCUT2D eigenvalue weighted by Gasteiger charge is -2.35. The Morgan fingerprint density at radius 3 is 1.58 bits per heavy atom. The number of hydrogen-bond acceptors (Lipinski definition) is 1. The third kappa shape index (κ3) is 5.96. The molecule has 9 aromatic rings. The highest BCUT2D eigenvalue weighted by Crippen LogP contribution is 2.57. The fourth-order valence-corrected chi connectivity index (χ4v) is 9.06. The number of fused-ring (bicyclic) bond motifs is 3. The molecule has 1 nitrogen and oxygen atoms in total. The molecule has 1 aliphatic rings. The first-order valence-electron chi connectivity index (χ1n) is 19.8. The van der Waals surface area contributed by atoms with Gasteiger partial charge in [-0.3, -0.25) is 0 Å². The number of rotatable bonds is 8. The SMILES string of the molecule is Cc1cccc(C2(c3ccccc3)c3ccccc3-c3ccc(N(c4ccccc4)c4ccc(-c5cccc(-c6ccccc6)c5)c(-c5ccccc5)c4)cc32)c1. The molecule has 1 heteroatoms. The Morgan fingerprint density at radius 2 is 0.842 bits per heavy atom. The highest BCUT2D eigenvalue weighted by atomic mass is 15.1. The summed E-state index contributed by atoms with van der Waals surface area (Å²) in [6, 6.07) is 84.4. The zero-order valence-electron chi connectivity index (χ0n) is 31.9. The lowest BCUT2D eigenvalue weighted by Crippen LogP contribution is -2.29. The van der Waals surface area contributed by atoms with Gasteiger partial charge in [0.1, 0.15) is 0 Å². The van der Waals surface area contributed by atoms with Gasteiger partial charge in [0.05, 0.1) is 5.41 Å². The van der Waals surface area contributed by atoms with E-state index in [2.05, 4.69) is 242 Å². The van der Waals surface area contributed by atoms with Gasteiger partial charge >= 0.3 is 0 Å². The Labute approximate surface area is 335 Å². The van der Waals surface area contributed by atoms with E-state index in [1.54, 1.807) is 0 Å². The van der Waals surface area contributed by atoms with Crippen molar-refractivity contribution in [3.8, 4) is 44.5 Å². The molecule has 0 radical (unpaired) electrons. The second kappa shape index (κ2) is 14.5. The summed E-state index contributed by atoms with van der Waals surface area (Å²) >= 11 is 0. The van der Waals surface area contributed by atoms with Crippen LogP contribution in [0.1, 0.15) is 27.8 Å². The molecule has 0 saturated carbocycles. The van der Waals surface area contributed by atoms with Crippen LogP contribution in [0.2, 0.25) is 0 Å². The van der Waals surface area contributed by atoms with Gasteiger partial charge in [-0.1, -0.05) is 194 Å². The standard InChI is InChI=1S/C56H41N/c1-40-18-16-27-46(36-40)56(45-25-10-4-11-26-45)54-31-15-14-30-51(54)52-35-33-49(39-55(52)56)57(47-28-12-5-13-29-47)48-32-34-50(53(38-48)42-21-8-3-9-22-42)44-24-17-23-43(37-44)41-19-6-2-7-20-41/h2-39H,1H3. The summed E-state index contributed by atoms with van der Waals surface area (Å²) in [6.07, 6.45) is 0. The smallest absolute Gasteiger partial charge is 0.0714 e. The van der Waals surface area contributed by atoms with Crippen LogP contribution in [-0.4, -0.2) is 0 Å². The molecule has 1 unspecified atom stereocenters. The second-order valence-electron chi connectivity index (χ2n) is 15.0. The molecule has 9 aromatic carbocycles. The quantitative estimate of drug-likeness (QED) is 0.151. The van der Waals surface area contributed by atoms with E-state index in [9.17, 15) is 0 Å². The summed E-state index contributed by atoms with van der Waals surface area (Å²) in [4.78, 5) is 2.42. The highest BCUT2D eigenvalue weighted by molar-refractivity contribution is 5.92. The van der Waals surface area contributed by atoms with Crippen LogP contribution in [0.25, 0.3) is 44.5 Å². The third-order valence-electron chi connectivity index (χ3n) is 11.6. The molecule has 10 rings (SSSR count). The fraction of sp³-hybridized carbons (Fsp3) is 0.0357. The summed E-state index contributed by atoms with van der Waals surface area (Å²) in [7, 11) is 0. The van der Waals surface area contributed by atoms with Crippen molar-refractivity contribution in [3.05, 3.63) is 258 Å². The Hall–Kier alpha value is -7.22. The molecule has 0 N–H and O–H groups in total. The van der Waals surface area contributed by atoms with Crippen LogP contribution in [0, 0.1) is 6.92 Å². The summed E-state index contributed by atoms with van der Waals surface area (Å²) in [5, 5.41) is 0. The van der Waals surface area contributed by atoms with Gasteiger partial charge in [0.15, 0.2) is 0 Å². The van der Waals surface area contributed by atoms with Crippen molar-refractivity contribution >= 4 is 17.1 Å². The first-order valence-corrected chi connectivity index (χ1v) is 19.8. The minimum absolute atomic E-state index is 0.500. The Balaban J connectivity index is 1.20. The fourth-order valence-electron chi connectivity index (χ4n) is 9.06. The summed E-state index contributed by atoms with van der Waals surface area (Å²) in [5.41, 5.74) is 18.9. The van der Waals surface area contributed by atoms with Crippen molar-refractivity contribution in [2.24, 2.45) is 0 Å². The van der Waals surface area contributed by atoms with Crippen LogP contribution in [-0.2, 0) is 5.41 Å². The minimum atomic E-state index is -0.500. The minimum Gasteiger partial charge on any atom is -0.310 e. The zero-order valence-corrected chi connectivity index (χ0v) is 31.9. The van der Waals surface area contributed by atoms with E-state index in [1.807, 2.05) is 0 Å². The summed E-state index contributed by atoms with van der Waals surface area (Å²) in [6.45, 7) is 2.20. The van der Waals surface area contributed by atoms with Crippen LogP contribution in [0.15, 0.2) is 231 Å². The first-order chi connectivity index (χ1) is 28.2. The lowest BCUT2D eigenvalue weighted by atomic mass is 9.67. The number of nitrogens with zero attached hydrogens (tertiary/aromatic N) is 1. The zero-order chi connectivity index (χ0) is 38.2. The van der Waals surface area contributed by atoms with Gasteiger partial charge in [0.25, 0.3) is 0 Å². The molecular formula is C56H41N. The maximum absolute atomic E-state index is 2.46. The molecule has 0 spiro atoms. The number of para-hydroxylation sites is 1. The Bertz CT molecular complexity index is 2840. The van der Waals surface area contributed by atoms with Crippen LogP contribution in [0.5, 0.6) is 0 Å². The lowest BCUT2D eigenvalue weighted by molar-refractivity contribution is 0.767. The van der Waals surface area contributed by atoms with Crippen molar-refractivity contribution in [3.63, 3.8) is 0 Å². The van der Waals surface area contributed by atoms with E-state index in [4.69, 9.17) is 0 Å². The summed E-state index contributed by atoms with van der Waals surface area (Å²) in [5.74, 6) is 0. The molecule has 57 heavy (non-hydrogen) atoms. The molecule has 0 aromatic heterocycles. The van der Waals surface area contributed by atoms with Gasteiger partial charge in [-0.05, 0) is 116 Å². The van der Waals surface area contributed by atoms with Crippen molar-refractivity contribution in [1.82, 2.24) is 0 Å². The Kier molecular flexibility index (Phi) is 8.69. The van der Waals surface area contributed by atoms with Gasteiger partial charge in [-0.2, -0.15) is 0 Å². The van der Waals surface area contributed by atoms with Crippen LogP contribution in [0.4, 0.5) is 17.1 Å². The second-order valence-corrected chi connectivity index (χ2v) is 15.0. The monoisotopic (exact) mass is 727 g/mol. The van der Waals surface area contributed by atoms with Gasteiger partial charge in [-0.25, -0.2) is 0 Å². The maximum atomic E-state index is 2.46. The van der Waals surface area contributed by atoms with Crippen LogP contribution < -0.4 is 4.90 Å². The van der Waals surface area contributed by atoms with Crippen molar-refractivity contribution < 1.29 is 0 Å². The van der Waals surface area contributed by atoms with E-state index >= 15 is 0 Å². The molecule has 1 atom stereocenters. The largest absolute Gasteiger partial charge is 0.310 e. The van der Waals surface area contributed by atoms with Crippen molar-refractivity contribution in [2.75, 3.05) is 4.90 Å². The van der Waals surface area contributed by atoms with E-state index in [0.29, 0.717) is 0 Å². The summed E-state index contributed by atoms with van der Waals surface area (Å²) < 4.78 is 0. The molecule has 0 saturated heterocycles. The molecule has 1 aliphatic carbocycles. The van der Waals surface area contributed by atoms with Crippen LogP contribution in [0.3, 0.4) is 0 Å². The van der Waals surface area contributed by atoms with Gasteiger partial charge in [-0.15, -0.1) is 0 Å². The predicted octanol–water partition coefficient (Wildman–Crippen LogP) is 14.8. The number of benzene rings is 9. The number of anilines is 3. The topological polar surface area (TPSA) is 3.24 Å². The van der Waals surface area contributed by atoms with Gasteiger partial charge < -0.3 is 4.90 Å². The average Bonchev–Trinajstić information content (AvgIpc) is 3.58. The number of aryl methyl sites for hydroxylation is 1.